The molecular formula is C18H20FNO. The maximum absolute atomic E-state index is 13.1. The average molecular weight is 285 g/mol. The highest BCUT2D eigenvalue weighted by atomic mass is 19.1. The summed E-state index contributed by atoms with van der Waals surface area (Å²) < 4.78 is 13.1. The number of rotatable bonds is 3. The second-order valence-electron chi connectivity index (χ2n) is 5.71. The Morgan fingerprint density at radius 1 is 1.10 bits per heavy atom. The molecule has 3 heteroatoms. The first kappa shape index (κ1) is 14.1. The van der Waals surface area contributed by atoms with E-state index in [0.29, 0.717) is 11.6 Å². The summed E-state index contributed by atoms with van der Waals surface area (Å²) in [5.74, 6) is -0.432. The van der Waals surface area contributed by atoms with Crippen LogP contribution in [0.15, 0.2) is 42.5 Å². The lowest BCUT2D eigenvalue weighted by atomic mass is 9.99. The zero-order chi connectivity index (χ0) is 14.8. The number of nitrogens with zero attached hydrogens (tertiary/aromatic N) is 1. The highest BCUT2D eigenvalue weighted by molar-refractivity contribution is 5.70. The molecule has 1 N–H and O–H groups in total. The second-order valence-corrected chi connectivity index (χ2v) is 5.71. The van der Waals surface area contributed by atoms with Crippen molar-refractivity contribution in [2.24, 2.45) is 0 Å². The van der Waals surface area contributed by atoms with Gasteiger partial charge >= 0.3 is 0 Å². The van der Waals surface area contributed by atoms with Gasteiger partial charge in [0, 0.05) is 17.7 Å². The first-order valence-corrected chi connectivity index (χ1v) is 7.48. The maximum atomic E-state index is 13.1. The van der Waals surface area contributed by atoms with Crippen molar-refractivity contribution in [1.29, 1.82) is 0 Å². The lowest BCUT2D eigenvalue weighted by Crippen LogP contribution is -2.23. The highest BCUT2D eigenvalue weighted by Gasteiger charge is 2.19. The van der Waals surface area contributed by atoms with Gasteiger partial charge in [-0.1, -0.05) is 18.2 Å². The van der Waals surface area contributed by atoms with E-state index in [1.807, 2.05) is 12.1 Å². The Hall–Kier alpha value is -1.87. The third-order valence-corrected chi connectivity index (χ3v) is 4.33. The third-order valence-electron chi connectivity index (χ3n) is 4.33. The third kappa shape index (κ3) is 2.93. The summed E-state index contributed by atoms with van der Waals surface area (Å²) in [5, 5.41) is 9.94. The molecule has 2 aromatic carbocycles. The molecule has 0 amide bonds. The number of phenolic OH excluding ortho intramolecular Hbond substituents is 1. The molecule has 0 aromatic heterocycles. The normalized spacial score (nSPS) is 17.0. The summed E-state index contributed by atoms with van der Waals surface area (Å²) in [4.78, 5) is 2.48. The first-order valence-electron chi connectivity index (χ1n) is 7.48. The Bertz CT molecular complexity index is 635. The molecule has 0 spiro atoms. The van der Waals surface area contributed by atoms with Gasteiger partial charge in [0.2, 0.25) is 0 Å². The second kappa shape index (κ2) is 5.86. The van der Waals surface area contributed by atoms with Gasteiger partial charge in [-0.25, -0.2) is 4.39 Å². The van der Waals surface area contributed by atoms with Crippen LogP contribution in [0.25, 0.3) is 11.1 Å². The van der Waals surface area contributed by atoms with Crippen molar-refractivity contribution in [1.82, 2.24) is 4.90 Å². The fraction of sp³-hybridized carbons (Fsp3) is 0.333. The van der Waals surface area contributed by atoms with E-state index >= 15 is 0 Å². The number of hydrogen-bond donors (Lipinski definition) is 1. The van der Waals surface area contributed by atoms with Crippen LogP contribution in [0, 0.1) is 5.82 Å². The number of likely N-dealkylation sites (tertiary alicyclic amines) is 1. The number of hydrogen-bond acceptors (Lipinski definition) is 2. The van der Waals surface area contributed by atoms with Crippen LogP contribution >= 0.6 is 0 Å². The van der Waals surface area contributed by atoms with E-state index in [2.05, 4.69) is 24.0 Å². The summed E-state index contributed by atoms with van der Waals surface area (Å²) >= 11 is 0. The van der Waals surface area contributed by atoms with E-state index in [1.165, 1.54) is 24.5 Å². The standard InChI is InChI=1S/C18H20FNO/c1-13(20-9-2-3-10-20)14-5-4-6-15(11-14)17-8-7-16(19)12-18(17)21/h4-8,11-13,21H,2-3,9-10H2,1H3. The Morgan fingerprint density at radius 2 is 1.86 bits per heavy atom. The molecular weight excluding hydrogens is 265 g/mol. The van der Waals surface area contributed by atoms with Crippen molar-refractivity contribution in [2.75, 3.05) is 13.1 Å². The van der Waals surface area contributed by atoms with Crippen molar-refractivity contribution in [2.45, 2.75) is 25.8 Å². The van der Waals surface area contributed by atoms with Crippen LogP contribution in [-0.4, -0.2) is 23.1 Å². The minimum atomic E-state index is -0.419. The fourth-order valence-electron chi connectivity index (χ4n) is 3.05. The zero-order valence-corrected chi connectivity index (χ0v) is 12.2. The molecule has 2 nitrogen and oxygen atoms in total. The number of benzene rings is 2. The lowest BCUT2D eigenvalue weighted by molar-refractivity contribution is 0.263. The van der Waals surface area contributed by atoms with Gasteiger partial charge in [-0.3, -0.25) is 4.90 Å². The van der Waals surface area contributed by atoms with Crippen LogP contribution in [0.3, 0.4) is 0 Å². The summed E-state index contributed by atoms with van der Waals surface area (Å²) in [6.07, 6.45) is 2.53. The van der Waals surface area contributed by atoms with Crippen molar-refractivity contribution in [3.63, 3.8) is 0 Å². The SMILES string of the molecule is CC(c1cccc(-c2ccc(F)cc2O)c1)N1CCCC1. The lowest BCUT2D eigenvalue weighted by Gasteiger charge is -2.24. The summed E-state index contributed by atoms with van der Waals surface area (Å²) in [7, 11) is 0. The highest BCUT2D eigenvalue weighted by Crippen LogP contribution is 2.32. The fourth-order valence-corrected chi connectivity index (χ4v) is 3.05. The zero-order valence-electron chi connectivity index (χ0n) is 12.2. The quantitative estimate of drug-likeness (QED) is 0.906. The van der Waals surface area contributed by atoms with Gasteiger partial charge in [-0.05, 0) is 62.2 Å². The molecule has 2 aromatic rings. The van der Waals surface area contributed by atoms with E-state index < -0.39 is 5.82 Å². The van der Waals surface area contributed by atoms with Crippen LogP contribution in [0.4, 0.5) is 4.39 Å². The molecule has 1 heterocycles. The number of aromatic hydroxyl groups is 1. The number of phenols is 1. The molecule has 0 aliphatic carbocycles. The molecule has 0 radical (unpaired) electrons. The van der Waals surface area contributed by atoms with Crippen molar-refractivity contribution >= 4 is 0 Å². The Balaban J connectivity index is 1.92. The topological polar surface area (TPSA) is 23.5 Å². The van der Waals surface area contributed by atoms with Crippen LogP contribution in [-0.2, 0) is 0 Å². The number of halogens is 1. The minimum absolute atomic E-state index is 0.0130. The van der Waals surface area contributed by atoms with Crippen molar-refractivity contribution in [3.05, 3.63) is 53.8 Å². The van der Waals surface area contributed by atoms with Crippen molar-refractivity contribution < 1.29 is 9.50 Å². The monoisotopic (exact) mass is 285 g/mol. The van der Waals surface area contributed by atoms with E-state index in [1.54, 1.807) is 6.07 Å². The molecule has 1 unspecified atom stereocenters. The molecule has 0 saturated carbocycles. The molecule has 21 heavy (non-hydrogen) atoms. The first-order chi connectivity index (χ1) is 10.1. The maximum Gasteiger partial charge on any atom is 0.126 e. The smallest absolute Gasteiger partial charge is 0.126 e. The van der Waals surface area contributed by atoms with Crippen LogP contribution in [0.2, 0.25) is 0 Å². The Kier molecular flexibility index (Phi) is 3.93. The molecule has 110 valence electrons. The van der Waals surface area contributed by atoms with Gasteiger partial charge in [0.25, 0.3) is 0 Å². The van der Waals surface area contributed by atoms with E-state index in [9.17, 15) is 9.50 Å². The average Bonchev–Trinajstić information content (AvgIpc) is 3.01. The Labute approximate surface area is 124 Å². The van der Waals surface area contributed by atoms with Crippen LogP contribution in [0.5, 0.6) is 5.75 Å². The van der Waals surface area contributed by atoms with E-state index in [4.69, 9.17) is 0 Å². The van der Waals surface area contributed by atoms with Gasteiger partial charge in [0.1, 0.15) is 11.6 Å². The Morgan fingerprint density at radius 3 is 2.57 bits per heavy atom. The summed E-state index contributed by atoms with van der Waals surface area (Å²) in [5.41, 5.74) is 2.83. The molecule has 1 aliphatic rings. The molecule has 1 saturated heterocycles. The predicted octanol–water partition coefficient (Wildman–Crippen LogP) is 4.36. The molecule has 1 fully saturated rings. The minimum Gasteiger partial charge on any atom is -0.507 e. The van der Waals surface area contributed by atoms with Crippen LogP contribution in [0.1, 0.15) is 31.4 Å². The molecule has 1 atom stereocenters. The van der Waals surface area contributed by atoms with Gasteiger partial charge < -0.3 is 5.11 Å². The predicted molar refractivity (Wildman–Crippen MR) is 82.7 cm³/mol. The van der Waals surface area contributed by atoms with Gasteiger partial charge in [-0.15, -0.1) is 0 Å². The van der Waals surface area contributed by atoms with Gasteiger partial charge in [-0.2, -0.15) is 0 Å². The molecule has 0 bridgehead atoms. The van der Waals surface area contributed by atoms with E-state index in [0.717, 1.165) is 24.7 Å². The summed E-state index contributed by atoms with van der Waals surface area (Å²) in [6, 6.07) is 12.7. The van der Waals surface area contributed by atoms with Crippen LogP contribution < -0.4 is 0 Å². The molecule has 1 aliphatic heterocycles. The largest absolute Gasteiger partial charge is 0.507 e. The molecule has 3 rings (SSSR count). The van der Waals surface area contributed by atoms with E-state index in [-0.39, 0.29) is 5.75 Å². The summed E-state index contributed by atoms with van der Waals surface area (Å²) in [6.45, 7) is 4.51. The van der Waals surface area contributed by atoms with Gasteiger partial charge in [0.05, 0.1) is 0 Å². The van der Waals surface area contributed by atoms with Crippen molar-refractivity contribution in [3.8, 4) is 16.9 Å². The van der Waals surface area contributed by atoms with Gasteiger partial charge in [0.15, 0.2) is 0 Å².